The second kappa shape index (κ2) is 5.31. The van der Waals surface area contributed by atoms with Gasteiger partial charge in [0.25, 0.3) is 0 Å². The number of rotatable bonds is 3. The van der Waals surface area contributed by atoms with E-state index < -0.39 is 9.84 Å². The molecule has 0 bridgehead atoms. The Bertz CT molecular complexity index is 414. The lowest BCUT2D eigenvalue weighted by atomic mass is 9.81. The highest BCUT2D eigenvalue weighted by Crippen LogP contribution is 2.35. The summed E-state index contributed by atoms with van der Waals surface area (Å²) in [7, 11) is -0.824. The number of sulfone groups is 1. The van der Waals surface area contributed by atoms with E-state index >= 15 is 0 Å². The predicted molar refractivity (Wildman–Crippen MR) is 75.9 cm³/mol. The molecular formula is C13H26N2O3S. The second-order valence-corrected chi connectivity index (χ2v) is 8.49. The molecule has 3 unspecified atom stereocenters. The van der Waals surface area contributed by atoms with Gasteiger partial charge in [-0.15, -0.1) is 0 Å². The van der Waals surface area contributed by atoms with Crippen LogP contribution in [0, 0.1) is 0 Å². The molecule has 112 valence electrons. The minimum atomic E-state index is -2.85. The molecule has 19 heavy (non-hydrogen) atoms. The van der Waals surface area contributed by atoms with Gasteiger partial charge in [-0.2, -0.15) is 0 Å². The normalized spacial score (nSPS) is 42.7. The molecule has 0 radical (unpaired) electrons. The minimum absolute atomic E-state index is 0.103. The van der Waals surface area contributed by atoms with Crippen molar-refractivity contribution in [1.29, 1.82) is 0 Å². The third-order valence-corrected chi connectivity index (χ3v) is 6.43. The average Bonchev–Trinajstić information content (AvgIpc) is 2.67. The Morgan fingerprint density at radius 2 is 1.89 bits per heavy atom. The van der Waals surface area contributed by atoms with Crippen molar-refractivity contribution in [1.82, 2.24) is 4.90 Å². The lowest BCUT2D eigenvalue weighted by Crippen LogP contribution is -2.61. The van der Waals surface area contributed by atoms with Crippen LogP contribution in [-0.2, 0) is 14.6 Å². The zero-order chi connectivity index (χ0) is 14.3. The SMILES string of the molecule is CC1CC(CN)(N(C)C2CCS(=O)(=O)C2)CC(C)O1. The molecule has 0 aromatic carbocycles. The molecule has 2 fully saturated rings. The van der Waals surface area contributed by atoms with Crippen LogP contribution in [0.4, 0.5) is 0 Å². The van der Waals surface area contributed by atoms with Gasteiger partial charge in [-0.1, -0.05) is 0 Å². The zero-order valence-electron chi connectivity index (χ0n) is 12.1. The maximum atomic E-state index is 11.7. The lowest BCUT2D eigenvalue weighted by molar-refractivity contribution is -0.104. The molecule has 0 saturated carbocycles. The topological polar surface area (TPSA) is 72.6 Å². The standard InChI is InChI=1S/C13H26N2O3S/c1-10-6-13(9-14,7-11(2)18-10)15(3)12-4-5-19(16,17)8-12/h10-12H,4-9,14H2,1-3H3. The van der Waals surface area contributed by atoms with Crippen molar-refractivity contribution < 1.29 is 13.2 Å². The summed E-state index contributed by atoms with van der Waals surface area (Å²) in [5.74, 6) is 0.582. The molecule has 5 nitrogen and oxygen atoms in total. The van der Waals surface area contributed by atoms with E-state index in [9.17, 15) is 8.42 Å². The van der Waals surface area contributed by atoms with E-state index in [1.54, 1.807) is 0 Å². The molecule has 0 amide bonds. The summed E-state index contributed by atoms with van der Waals surface area (Å²) in [6.45, 7) is 4.69. The van der Waals surface area contributed by atoms with Gasteiger partial charge in [-0.05, 0) is 40.2 Å². The van der Waals surface area contributed by atoms with Crippen molar-refractivity contribution >= 4 is 9.84 Å². The van der Waals surface area contributed by atoms with Gasteiger partial charge in [0, 0.05) is 18.1 Å². The fourth-order valence-corrected chi connectivity index (χ4v) is 5.49. The largest absolute Gasteiger partial charge is 0.375 e. The Kier molecular flexibility index (Phi) is 4.26. The molecule has 2 heterocycles. The Morgan fingerprint density at radius 1 is 1.32 bits per heavy atom. The number of nitrogens with two attached hydrogens (primary N) is 1. The third-order valence-electron chi connectivity index (χ3n) is 4.68. The van der Waals surface area contributed by atoms with E-state index in [0.717, 1.165) is 19.3 Å². The molecule has 0 aliphatic carbocycles. The first-order valence-corrected chi connectivity index (χ1v) is 8.89. The Balaban J connectivity index is 2.16. The molecule has 0 aromatic rings. The van der Waals surface area contributed by atoms with Gasteiger partial charge in [0.1, 0.15) is 0 Å². The number of hydrogen-bond acceptors (Lipinski definition) is 5. The van der Waals surface area contributed by atoms with Crippen LogP contribution in [0.3, 0.4) is 0 Å². The average molecular weight is 290 g/mol. The Hall–Kier alpha value is -0.170. The highest BCUT2D eigenvalue weighted by molar-refractivity contribution is 7.91. The van der Waals surface area contributed by atoms with E-state index in [2.05, 4.69) is 18.7 Å². The van der Waals surface area contributed by atoms with Crippen LogP contribution < -0.4 is 5.73 Å². The van der Waals surface area contributed by atoms with Crippen LogP contribution in [0.1, 0.15) is 33.1 Å². The summed E-state index contributed by atoms with van der Waals surface area (Å²) in [5, 5.41) is 0. The van der Waals surface area contributed by atoms with Crippen molar-refractivity contribution in [2.75, 3.05) is 25.1 Å². The number of ether oxygens (including phenoxy) is 1. The zero-order valence-corrected chi connectivity index (χ0v) is 12.9. The molecule has 0 spiro atoms. The molecule has 2 saturated heterocycles. The van der Waals surface area contributed by atoms with Crippen LogP contribution >= 0.6 is 0 Å². The van der Waals surface area contributed by atoms with Gasteiger partial charge >= 0.3 is 0 Å². The van der Waals surface area contributed by atoms with Gasteiger partial charge in [0.2, 0.25) is 0 Å². The van der Waals surface area contributed by atoms with Crippen LogP contribution in [-0.4, -0.2) is 62.2 Å². The maximum absolute atomic E-state index is 11.7. The number of nitrogens with zero attached hydrogens (tertiary/aromatic N) is 1. The smallest absolute Gasteiger partial charge is 0.151 e. The van der Waals surface area contributed by atoms with Gasteiger partial charge in [-0.3, -0.25) is 4.90 Å². The van der Waals surface area contributed by atoms with Crippen LogP contribution in [0.5, 0.6) is 0 Å². The Labute approximate surface area is 116 Å². The quantitative estimate of drug-likeness (QED) is 0.814. The maximum Gasteiger partial charge on any atom is 0.151 e. The molecule has 2 aliphatic rings. The summed E-state index contributed by atoms with van der Waals surface area (Å²) in [5.41, 5.74) is 5.93. The first-order valence-electron chi connectivity index (χ1n) is 7.07. The van der Waals surface area contributed by atoms with Crippen LogP contribution in [0.15, 0.2) is 0 Å². The fraction of sp³-hybridized carbons (Fsp3) is 1.00. The van der Waals surface area contributed by atoms with Gasteiger partial charge in [0.15, 0.2) is 9.84 Å². The summed E-state index contributed by atoms with van der Waals surface area (Å²) >= 11 is 0. The van der Waals surface area contributed by atoms with Crippen LogP contribution in [0.25, 0.3) is 0 Å². The lowest BCUT2D eigenvalue weighted by Gasteiger charge is -2.50. The van der Waals surface area contributed by atoms with E-state index in [1.807, 2.05) is 7.05 Å². The summed E-state index contributed by atoms with van der Waals surface area (Å²) in [6, 6.07) is 0.103. The molecule has 2 aliphatic heterocycles. The third kappa shape index (κ3) is 3.12. The van der Waals surface area contributed by atoms with Crippen molar-refractivity contribution in [2.45, 2.75) is 56.9 Å². The Morgan fingerprint density at radius 3 is 2.32 bits per heavy atom. The van der Waals surface area contributed by atoms with E-state index in [1.165, 1.54) is 0 Å². The van der Waals surface area contributed by atoms with Crippen LogP contribution in [0.2, 0.25) is 0 Å². The van der Waals surface area contributed by atoms with Crippen molar-refractivity contribution in [3.05, 3.63) is 0 Å². The van der Waals surface area contributed by atoms with Gasteiger partial charge < -0.3 is 10.5 Å². The monoisotopic (exact) mass is 290 g/mol. The van der Waals surface area contributed by atoms with Crippen molar-refractivity contribution in [3.8, 4) is 0 Å². The number of hydrogen-bond donors (Lipinski definition) is 1. The second-order valence-electron chi connectivity index (χ2n) is 6.26. The predicted octanol–water partition coefficient (Wildman–Crippen LogP) is 0.390. The summed E-state index contributed by atoms with van der Waals surface area (Å²) < 4.78 is 29.1. The van der Waals surface area contributed by atoms with Gasteiger partial charge in [0.05, 0.1) is 23.7 Å². The van der Waals surface area contributed by atoms with Crippen molar-refractivity contribution in [2.24, 2.45) is 5.73 Å². The number of likely N-dealkylation sites (N-methyl/N-ethyl adjacent to an activating group) is 1. The fourth-order valence-electron chi connectivity index (χ4n) is 3.71. The molecule has 0 aromatic heterocycles. The van der Waals surface area contributed by atoms with Crippen molar-refractivity contribution in [3.63, 3.8) is 0 Å². The first-order chi connectivity index (χ1) is 8.78. The molecular weight excluding hydrogens is 264 g/mol. The van der Waals surface area contributed by atoms with E-state index in [-0.39, 0.29) is 29.5 Å². The van der Waals surface area contributed by atoms with Gasteiger partial charge in [-0.25, -0.2) is 8.42 Å². The molecule has 2 N–H and O–H groups in total. The molecule has 2 rings (SSSR count). The highest BCUT2D eigenvalue weighted by atomic mass is 32.2. The van der Waals surface area contributed by atoms with E-state index in [4.69, 9.17) is 10.5 Å². The first kappa shape index (κ1) is 15.2. The highest BCUT2D eigenvalue weighted by Gasteiger charge is 2.45. The summed E-state index contributed by atoms with van der Waals surface area (Å²) in [4.78, 5) is 2.23. The molecule has 6 heteroatoms. The minimum Gasteiger partial charge on any atom is -0.375 e. The van der Waals surface area contributed by atoms with E-state index in [0.29, 0.717) is 12.3 Å². The molecule has 3 atom stereocenters. The summed E-state index contributed by atoms with van der Waals surface area (Å²) in [6.07, 6.45) is 2.83.